The third-order valence-corrected chi connectivity index (χ3v) is 4.54. The minimum atomic E-state index is 0.179. The monoisotopic (exact) mass is 337 g/mol. The predicted octanol–water partition coefficient (Wildman–Crippen LogP) is 3.16. The van der Waals surface area contributed by atoms with Gasteiger partial charge in [-0.2, -0.15) is 0 Å². The summed E-state index contributed by atoms with van der Waals surface area (Å²) in [6.45, 7) is 7.80. The maximum atomic E-state index is 11.8. The van der Waals surface area contributed by atoms with Gasteiger partial charge in [0.25, 0.3) is 0 Å². The highest BCUT2D eigenvalue weighted by molar-refractivity contribution is 6.30. The fraction of sp³-hybridized carbons (Fsp3) is 0.611. The Morgan fingerprint density at radius 3 is 2.70 bits per heavy atom. The van der Waals surface area contributed by atoms with E-state index in [9.17, 15) is 4.79 Å². The Bertz CT molecular complexity index is 487. The van der Waals surface area contributed by atoms with E-state index in [1.54, 1.807) is 0 Å². The third-order valence-electron chi connectivity index (χ3n) is 4.30. The normalized spacial score (nSPS) is 15.7. The zero-order valence-electron chi connectivity index (χ0n) is 14.1. The second kappa shape index (κ2) is 9.78. The summed E-state index contributed by atoms with van der Waals surface area (Å²) in [4.78, 5) is 16.5. The molecule has 1 saturated heterocycles. The Morgan fingerprint density at radius 1 is 1.22 bits per heavy atom. The first-order chi connectivity index (χ1) is 11.2. The van der Waals surface area contributed by atoms with E-state index in [0.717, 1.165) is 50.7 Å². The number of halogens is 1. The molecule has 128 valence electrons. The maximum Gasteiger partial charge on any atom is 0.221 e. The van der Waals surface area contributed by atoms with Gasteiger partial charge < -0.3 is 10.2 Å². The van der Waals surface area contributed by atoms with Crippen molar-refractivity contribution in [3.8, 4) is 0 Å². The SMILES string of the molecule is CCCCCNC(=O)CCN1CCN(c2cccc(Cl)c2)CC1. The Hall–Kier alpha value is -1.26. The number of amides is 1. The van der Waals surface area contributed by atoms with Crippen LogP contribution in [0.5, 0.6) is 0 Å². The molecule has 1 aliphatic rings. The summed E-state index contributed by atoms with van der Waals surface area (Å²) >= 11 is 6.06. The van der Waals surface area contributed by atoms with Crippen molar-refractivity contribution in [2.75, 3.05) is 44.2 Å². The molecule has 5 heteroatoms. The van der Waals surface area contributed by atoms with Crippen LogP contribution in [-0.2, 0) is 4.79 Å². The number of rotatable bonds is 8. The van der Waals surface area contributed by atoms with Gasteiger partial charge in [0, 0.05) is 56.4 Å². The van der Waals surface area contributed by atoms with Crippen molar-refractivity contribution in [2.45, 2.75) is 32.6 Å². The molecule has 1 N–H and O–H groups in total. The molecule has 1 aliphatic heterocycles. The number of anilines is 1. The van der Waals surface area contributed by atoms with E-state index in [0.29, 0.717) is 6.42 Å². The molecule has 1 heterocycles. The van der Waals surface area contributed by atoms with Crippen molar-refractivity contribution >= 4 is 23.2 Å². The van der Waals surface area contributed by atoms with Crippen LogP contribution in [-0.4, -0.2) is 50.1 Å². The molecule has 23 heavy (non-hydrogen) atoms. The van der Waals surface area contributed by atoms with Crippen LogP contribution in [0.25, 0.3) is 0 Å². The number of hydrogen-bond acceptors (Lipinski definition) is 3. The summed E-state index contributed by atoms with van der Waals surface area (Å²) in [5.74, 6) is 0.179. The average Bonchev–Trinajstić information content (AvgIpc) is 2.57. The number of carbonyl (C=O) groups excluding carboxylic acids is 1. The minimum Gasteiger partial charge on any atom is -0.369 e. The summed E-state index contributed by atoms with van der Waals surface area (Å²) in [5.41, 5.74) is 1.19. The average molecular weight is 338 g/mol. The van der Waals surface area contributed by atoms with Crippen molar-refractivity contribution in [3.05, 3.63) is 29.3 Å². The molecule has 0 bridgehead atoms. The zero-order chi connectivity index (χ0) is 16.5. The first-order valence-corrected chi connectivity index (χ1v) is 9.06. The van der Waals surface area contributed by atoms with Crippen LogP contribution in [0.1, 0.15) is 32.6 Å². The van der Waals surface area contributed by atoms with Gasteiger partial charge in [-0.05, 0) is 24.6 Å². The quantitative estimate of drug-likeness (QED) is 0.740. The predicted molar refractivity (Wildman–Crippen MR) is 97.3 cm³/mol. The first-order valence-electron chi connectivity index (χ1n) is 8.68. The van der Waals surface area contributed by atoms with Crippen LogP contribution in [0.2, 0.25) is 5.02 Å². The lowest BCUT2D eigenvalue weighted by atomic mass is 10.2. The van der Waals surface area contributed by atoms with Gasteiger partial charge in [0.1, 0.15) is 0 Å². The smallest absolute Gasteiger partial charge is 0.221 e. The summed E-state index contributed by atoms with van der Waals surface area (Å²) in [7, 11) is 0. The standard InChI is InChI=1S/C18H28ClN3O/c1-2-3-4-9-20-18(23)8-10-21-11-13-22(14-12-21)17-7-5-6-16(19)15-17/h5-7,15H,2-4,8-14H2,1H3,(H,20,23). The summed E-state index contributed by atoms with van der Waals surface area (Å²) < 4.78 is 0. The largest absolute Gasteiger partial charge is 0.369 e. The molecule has 2 rings (SSSR count). The molecule has 0 aromatic heterocycles. The van der Waals surface area contributed by atoms with Gasteiger partial charge >= 0.3 is 0 Å². The molecule has 0 spiro atoms. The van der Waals surface area contributed by atoms with Gasteiger partial charge in [0.15, 0.2) is 0 Å². The van der Waals surface area contributed by atoms with Crippen LogP contribution in [0.15, 0.2) is 24.3 Å². The zero-order valence-corrected chi connectivity index (χ0v) is 14.8. The van der Waals surface area contributed by atoms with E-state index < -0.39 is 0 Å². The fourth-order valence-electron chi connectivity index (χ4n) is 2.85. The highest BCUT2D eigenvalue weighted by atomic mass is 35.5. The van der Waals surface area contributed by atoms with Crippen LogP contribution in [0.4, 0.5) is 5.69 Å². The Labute approximate surface area is 144 Å². The Balaban J connectivity index is 1.64. The topological polar surface area (TPSA) is 35.6 Å². The minimum absolute atomic E-state index is 0.179. The molecule has 1 aromatic carbocycles. The van der Waals surface area contributed by atoms with Gasteiger partial charge in [-0.1, -0.05) is 37.4 Å². The van der Waals surface area contributed by atoms with E-state index in [1.165, 1.54) is 18.5 Å². The van der Waals surface area contributed by atoms with Crippen LogP contribution < -0.4 is 10.2 Å². The molecular formula is C18H28ClN3O. The Kier molecular flexibility index (Phi) is 7.69. The maximum absolute atomic E-state index is 11.8. The van der Waals surface area contributed by atoms with E-state index in [1.807, 2.05) is 18.2 Å². The first kappa shape index (κ1) is 18.1. The molecule has 0 saturated carbocycles. The number of benzene rings is 1. The van der Waals surface area contributed by atoms with Crippen molar-refractivity contribution < 1.29 is 4.79 Å². The van der Waals surface area contributed by atoms with Crippen molar-refractivity contribution in [3.63, 3.8) is 0 Å². The molecule has 1 fully saturated rings. The van der Waals surface area contributed by atoms with E-state index in [4.69, 9.17) is 11.6 Å². The molecule has 0 unspecified atom stereocenters. The highest BCUT2D eigenvalue weighted by Crippen LogP contribution is 2.20. The fourth-order valence-corrected chi connectivity index (χ4v) is 3.04. The summed E-state index contributed by atoms with van der Waals surface area (Å²) in [6.07, 6.45) is 4.06. The number of nitrogens with one attached hydrogen (secondary N) is 1. The van der Waals surface area contributed by atoms with Gasteiger partial charge in [-0.15, -0.1) is 0 Å². The molecule has 1 amide bonds. The van der Waals surface area contributed by atoms with Crippen molar-refractivity contribution in [1.29, 1.82) is 0 Å². The third kappa shape index (κ3) is 6.40. The second-order valence-electron chi connectivity index (χ2n) is 6.12. The lowest BCUT2D eigenvalue weighted by molar-refractivity contribution is -0.121. The number of piperazine rings is 1. The van der Waals surface area contributed by atoms with Gasteiger partial charge in [0.05, 0.1) is 0 Å². The van der Waals surface area contributed by atoms with Gasteiger partial charge in [-0.3, -0.25) is 9.69 Å². The van der Waals surface area contributed by atoms with Crippen LogP contribution >= 0.6 is 11.6 Å². The number of unbranched alkanes of at least 4 members (excludes halogenated alkanes) is 2. The van der Waals surface area contributed by atoms with E-state index in [-0.39, 0.29) is 5.91 Å². The van der Waals surface area contributed by atoms with Crippen molar-refractivity contribution in [2.24, 2.45) is 0 Å². The molecular weight excluding hydrogens is 310 g/mol. The number of hydrogen-bond donors (Lipinski definition) is 1. The molecule has 4 nitrogen and oxygen atoms in total. The molecule has 0 aliphatic carbocycles. The van der Waals surface area contributed by atoms with Crippen LogP contribution in [0.3, 0.4) is 0 Å². The van der Waals surface area contributed by atoms with Gasteiger partial charge in [0.2, 0.25) is 5.91 Å². The van der Waals surface area contributed by atoms with Crippen LogP contribution in [0, 0.1) is 0 Å². The lowest BCUT2D eigenvalue weighted by Crippen LogP contribution is -2.47. The highest BCUT2D eigenvalue weighted by Gasteiger charge is 2.17. The second-order valence-corrected chi connectivity index (χ2v) is 6.55. The van der Waals surface area contributed by atoms with Crippen molar-refractivity contribution in [1.82, 2.24) is 10.2 Å². The van der Waals surface area contributed by atoms with Gasteiger partial charge in [-0.25, -0.2) is 0 Å². The van der Waals surface area contributed by atoms with E-state index in [2.05, 4.69) is 28.1 Å². The molecule has 1 aromatic rings. The summed E-state index contributed by atoms with van der Waals surface area (Å²) in [6, 6.07) is 8.01. The summed E-state index contributed by atoms with van der Waals surface area (Å²) in [5, 5.41) is 3.79. The lowest BCUT2D eigenvalue weighted by Gasteiger charge is -2.36. The number of nitrogens with zero attached hydrogens (tertiary/aromatic N) is 2. The Morgan fingerprint density at radius 2 is 2.00 bits per heavy atom. The van der Waals surface area contributed by atoms with E-state index >= 15 is 0 Å². The number of carbonyl (C=O) groups is 1. The molecule has 0 radical (unpaired) electrons. The molecule has 0 atom stereocenters.